The fourth-order valence-corrected chi connectivity index (χ4v) is 6.16. The number of rotatable bonds is 4. The Balaban J connectivity index is 1.50. The van der Waals surface area contributed by atoms with Crippen molar-refractivity contribution in [1.82, 2.24) is 15.0 Å². The monoisotopic (exact) mass is 529 g/mol. The quantitative estimate of drug-likeness (QED) is 0.229. The average Bonchev–Trinajstić information content (AvgIpc) is 3.33. The zero-order valence-electron chi connectivity index (χ0n) is 23.5. The summed E-state index contributed by atoms with van der Waals surface area (Å²) in [6.07, 6.45) is 0. The highest BCUT2D eigenvalue weighted by Crippen LogP contribution is 2.56. The first-order valence-corrected chi connectivity index (χ1v) is 14.1. The van der Waals surface area contributed by atoms with Gasteiger partial charge >= 0.3 is 0 Å². The molecular formula is C38H31N3. The molecule has 41 heavy (non-hydrogen) atoms. The van der Waals surface area contributed by atoms with Crippen LogP contribution < -0.4 is 0 Å². The van der Waals surface area contributed by atoms with E-state index in [1.807, 2.05) is 18.2 Å². The molecule has 1 heterocycles. The minimum absolute atomic E-state index is 0.229. The van der Waals surface area contributed by atoms with Gasteiger partial charge in [-0.15, -0.1) is 0 Å². The maximum Gasteiger partial charge on any atom is 0.163 e. The van der Waals surface area contributed by atoms with E-state index in [0.29, 0.717) is 11.6 Å². The van der Waals surface area contributed by atoms with Crippen LogP contribution in [0.15, 0.2) is 133 Å². The Labute approximate surface area is 241 Å². The molecule has 0 aliphatic heterocycles. The summed E-state index contributed by atoms with van der Waals surface area (Å²) in [5.41, 5.74) is 8.84. The van der Waals surface area contributed by atoms with Crippen molar-refractivity contribution in [3.63, 3.8) is 0 Å². The van der Waals surface area contributed by atoms with Crippen LogP contribution in [0, 0.1) is 0 Å². The summed E-state index contributed by atoms with van der Waals surface area (Å²) in [5.74, 6) is 2.16. The summed E-state index contributed by atoms with van der Waals surface area (Å²) in [7, 11) is 0. The van der Waals surface area contributed by atoms with E-state index in [2.05, 4.69) is 136 Å². The molecule has 3 nitrogen and oxygen atoms in total. The van der Waals surface area contributed by atoms with E-state index >= 15 is 0 Å². The minimum atomic E-state index is -0.466. The Bertz CT molecular complexity index is 1820. The van der Waals surface area contributed by atoms with Gasteiger partial charge in [-0.1, -0.05) is 148 Å². The van der Waals surface area contributed by atoms with Gasteiger partial charge in [-0.3, -0.25) is 0 Å². The van der Waals surface area contributed by atoms with E-state index < -0.39 is 5.41 Å². The molecule has 0 saturated heterocycles. The van der Waals surface area contributed by atoms with Crippen molar-refractivity contribution < 1.29 is 0 Å². The van der Waals surface area contributed by atoms with Gasteiger partial charge in [-0.05, 0) is 39.4 Å². The lowest BCUT2D eigenvalue weighted by Gasteiger charge is -2.34. The van der Waals surface area contributed by atoms with Gasteiger partial charge in [0.25, 0.3) is 0 Å². The first-order valence-electron chi connectivity index (χ1n) is 14.1. The minimum Gasteiger partial charge on any atom is -0.212 e. The number of fused-ring (bicyclic) bond motifs is 3. The van der Waals surface area contributed by atoms with E-state index in [9.17, 15) is 0 Å². The Morgan fingerprint density at radius 3 is 1.56 bits per heavy atom. The van der Waals surface area contributed by atoms with Crippen LogP contribution in [0.2, 0.25) is 0 Å². The smallest absolute Gasteiger partial charge is 0.163 e. The van der Waals surface area contributed by atoms with E-state index in [4.69, 9.17) is 15.0 Å². The van der Waals surface area contributed by atoms with Crippen molar-refractivity contribution in [3.05, 3.63) is 162 Å². The normalized spacial score (nSPS) is 13.4. The topological polar surface area (TPSA) is 38.7 Å². The molecule has 0 amide bonds. The molecule has 198 valence electrons. The van der Waals surface area contributed by atoms with Gasteiger partial charge in [0.05, 0.1) is 5.41 Å². The van der Waals surface area contributed by atoms with Gasteiger partial charge in [-0.2, -0.15) is 0 Å². The van der Waals surface area contributed by atoms with Gasteiger partial charge in [0.2, 0.25) is 0 Å². The molecule has 0 fully saturated rings. The van der Waals surface area contributed by atoms with E-state index in [-0.39, 0.29) is 5.41 Å². The number of benzene rings is 5. The maximum atomic E-state index is 5.03. The van der Waals surface area contributed by atoms with Gasteiger partial charge in [0.15, 0.2) is 11.6 Å². The van der Waals surface area contributed by atoms with E-state index in [0.717, 1.165) is 17.0 Å². The third-order valence-electron chi connectivity index (χ3n) is 8.05. The van der Waals surface area contributed by atoms with Crippen LogP contribution in [0.5, 0.6) is 0 Å². The fraction of sp³-hybridized carbons (Fsp3) is 0.132. The number of hydrogen-bond donors (Lipinski definition) is 0. The second-order valence-corrected chi connectivity index (χ2v) is 11.7. The van der Waals surface area contributed by atoms with Gasteiger partial charge in [-0.25, -0.2) is 15.0 Å². The highest BCUT2D eigenvalue weighted by Gasteiger charge is 2.45. The van der Waals surface area contributed by atoms with E-state index in [1.165, 1.54) is 33.4 Å². The zero-order valence-corrected chi connectivity index (χ0v) is 23.5. The Morgan fingerprint density at radius 2 is 0.951 bits per heavy atom. The highest BCUT2D eigenvalue weighted by atomic mass is 15.0. The van der Waals surface area contributed by atoms with Crippen molar-refractivity contribution in [2.45, 2.75) is 31.6 Å². The van der Waals surface area contributed by atoms with Crippen LogP contribution in [0.4, 0.5) is 0 Å². The lowest BCUT2D eigenvalue weighted by atomic mass is 9.67. The molecule has 0 radical (unpaired) electrons. The Hall–Kier alpha value is -4.89. The van der Waals surface area contributed by atoms with Crippen LogP contribution in [0.3, 0.4) is 0 Å². The lowest BCUT2D eigenvalue weighted by Crippen LogP contribution is -2.28. The molecule has 5 aromatic carbocycles. The molecule has 0 N–H and O–H groups in total. The first kappa shape index (κ1) is 25.1. The van der Waals surface area contributed by atoms with Crippen LogP contribution in [0.25, 0.3) is 33.9 Å². The van der Waals surface area contributed by atoms with Gasteiger partial charge in [0, 0.05) is 16.5 Å². The second-order valence-electron chi connectivity index (χ2n) is 11.7. The van der Waals surface area contributed by atoms with Crippen molar-refractivity contribution in [2.24, 2.45) is 0 Å². The summed E-state index contributed by atoms with van der Waals surface area (Å²) >= 11 is 0. The largest absolute Gasteiger partial charge is 0.212 e. The Kier molecular flexibility index (Phi) is 5.90. The third-order valence-corrected chi connectivity index (χ3v) is 8.05. The first-order chi connectivity index (χ1) is 20.0. The summed E-state index contributed by atoms with van der Waals surface area (Å²) in [5, 5.41) is 0. The zero-order chi connectivity index (χ0) is 28.0. The van der Waals surface area contributed by atoms with Crippen LogP contribution in [-0.2, 0) is 10.8 Å². The molecule has 7 rings (SSSR count). The maximum absolute atomic E-state index is 5.03. The predicted octanol–water partition coefficient (Wildman–Crippen LogP) is 8.87. The van der Waals surface area contributed by atoms with Crippen LogP contribution in [-0.4, -0.2) is 15.0 Å². The molecular weight excluding hydrogens is 498 g/mol. The SMILES string of the molecule is CC(C)(C)c1nc(-c2ccccc2)nc(-c2cccc(C3(c4ccccc4)c4ccccc4-c4ccccc43)c2)n1. The van der Waals surface area contributed by atoms with E-state index in [1.54, 1.807) is 0 Å². The molecule has 1 aliphatic rings. The second kappa shape index (κ2) is 9.64. The molecule has 1 aliphatic carbocycles. The molecule has 0 bridgehead atoms. The Morgan fingerprint density at radius 1 is 0.463 bits per heavy atom. The number of aromatic nitrogens is 3. The number of hydrogen-bond acceptors (Lipinski definition) is 3. The van der Waals surface area contributed by atoms with Crippen LogP contribution in [0.1, 0.15) is 48.8 Å². The molecule has 0 saturated carbocycles. The van der Waals surface area contributed by atoms with Crippen molar-refractivity contribution >= 4 is 0 Å². The average molecular weight is 530 g/mol. The van der Waals surface area contributed by atoms with Crippen molar-refractivity contribution in [1.29, 1.82) is 0 Å². The standard InChI is InChI=1S/C38H31N3/c1-37(2,3)36-40-34(26-15-6-4-7-16-26)39-35(41-36)27-17-14-20-29(25-27)38(28-18-8-5-9-19-28)32-23-12-10-21-30(32)31-22-11-13-24-33(31)38/h4-25H,1-3H3. The summed E-state index contributed by atoms with van der Waals surface area (Å²) < 4.78 is 0. The summed E-state index contributed by atoms with van der Waals surface area (Å²) in [6.45, 7) is 6.44. The highest BCUT2D eigenvalue weighted by molar-refractivity contribution is 5.86. The molecule has 0 atom stereocenters. The molecule has 1 aromatic heterocycles. The third kappa shape index (κ3) is 4.08. The molecule has 0 spiro atoms. The molecule has 0 unspecified atom stereocenters. The molecule has 3 heteroatoms. The van der Waals surface area contributed by atoms with Gasteiger partial charge in [0.1, 0.15) is 5.82 Å². The number of nitrogens with zero attached hydrogens (tertiary/aromatic N) is 3. The summed E-state index contributed by atoms with van der Waals surface area (Å²) in [6, 6.07) is 47.4. The molecule has 6 aromatic rings. The fourth-order valence-electron chi connectivity index (χ4n) is 6.16. The van der Waals surface area contributed by atoms with Gasteiger partial charge < -0.3 is 0 Å². The predicted molar refractivity (Wildman–Crippen MR) is 167 cm³/mol. The van der Waals surface area contributed by atoms with Crippen molar-refractivity contribution in [3.8, 4) is 33.9 Å². The van der Waals surface area contributed by atoms with Crippen LogP contribution >= 0.6 is 0 Å². The summed E-state index contributed by atoms with van der Waals surface area (Å²) in [4.78, 5) is 14.9. The lowest BCUT2D eigenvalue weighted by molar-refractivity contribution is 0.543. The van der Waals surface area contributed by atoms with Crippen molar-refractivity contribution in [2.75, 3.05) is 0 Å².